The molecule has 1 saturated heterocycles. The quantitative estimate of drug-likeness (QED) is 0.894. The highest BCUT2D eigenvalue weighted by atomic mass is 19.1. The van der Waals surface area contributed by atoms with Crippen LogP contribution in [0.2, 0.25) is 0 Å². The first-order chi connectivity index (χ1) is 12.6. The minimum absolute atomic E-state index is 0.0745. The average Bonchev–Trinajstić information content (AvgIpc) is 2.69. The summed E-state index contributed by atoms with van der Waals surface area (Å²) >= 11 is 0. The predicted octanol–water partition coefficient (Wildman–Crippen LogP) is 2.98. The smallest absolute Gasteiger partial charge is 0.241 e. The van der Waals surface area contributed by atoms with Gasteiger partial charge in [0.05, 0.1) is 13.2 Å². The van der Waals surface area contributed by atoms with Gasteiger partial charge < -0.3 is 15.0 Å². The summed E-state index contributed by atoms with van der Waals surface area (Å²) in [6, 6.07) is 13.6. The Morgan fingerprint density at radius 2 is 1.65 bits per heavy atom. The third-order valence-electron chi connectivity index (χ3n) is 4.79. The van der Waals surface area contributed by atoms with Gasteiger partial charge in [-0.1, -0.05) is 0 Å². The number of rotatable bonds is 5. The number of nitrogens with one attached hydrogen (secondary N) is 1. The molecule has 1 aliphatic rings. The van der Waals surface area contributed by atoms with Gasteiger partial charge in [-0.2, -0.15) is 0 Å². The standard InChI is InChI=1S/C20H24FN3O2/c1-15(20(25)22-17-5-3-16(21)4-6-17)23-11-13-24(14-12-23)18-7-9-19(26-2)10-8-18/h3-10,15H,11-14H2,1-2H3,(H,22,25). The Balaban J connectivity index is 1.53. The number of hydrogen-bond donors (Lipinski definition) is 1. The number of methoxy groups -OCH3 is 1. The van der Waals surface area contributed by atoms with Crippen molar-refractivity contribution in [3.8, 4) is 5.75 Å². The molecule has 3 rings (SSSR count). The molecule has 1 N–H and O–H groups in total. The first kappa shape index (κ1) is 18.2. The first-order valence-electron chi connectivity index (χ1n) is 8.76. The summed E-state index contributed by atoms with van der Waals surface area (Å²) in [5.74, 6) is 0.457. The number of anilines is 2. The fourth-order valence-electron chi connectivity index (χ4n) is 3.11. The maximum absolute atomic E-state index is 13.0. The van der Waals surface area contributed by atoms with E-state index in [2.05, 4.69) is 27.2 Å². The van der Waals surface area contributed by atoms with Crippen molar-refractivity contribution >= 4 is 17.3 Å². The van der Waals surface area contributed by atoms with Crippen LogP contribution in [-0.4, -0.2) is 50.1 Å². The number of carbonyl (C=O) groups is 1. The number of benzene rings is 2. The Kier molecular flexibility index (Phi) is 5.73. The number of hydrogen-bond acceptors (Lipinski definition) is 4. The number of nitrogens with zero attached hydrogens (tertiary/aromatic N) is 2. The maximum atomic E-state index is 13.0. The van der Waals surface area contributed by atoms with Crippen LogP contribution in [0.15, 0.2) is 48.5 Å². The van der Waals surface area contributed by atoms with Gasteiger partial charge in [-0.05, 0) is 55.5 Å². The largest absolute Gasteiger partial charge is 0.497 e. The molecule has 0 spiro atoms. The molecular formula is C20H24FN3O2. The van der Waals surface area contributed by atoms with Crippen LogP contribution in [0.4, 0.5) is 15.8 Å². The second-order valence-corrected chi connectivity index (χ2v) is 6.39. The summed E-state index contributed by atoms with van der Waals surface area (Å²) in [7, 11) is 1.66. The lowest BCUT2D eigenvalue weighted by molar-refractivity contribution is -0.120. The molecule has 1 atom stereocenters. The number of piperazine rings is 1. The van der Waals surface area contributed by atoms with E-state index in [0.29, 0.717) is 5.69 Å². The van der Waals surface area contributed by atoms with Gasteiger partial charge in [0.1, 0.15) is 11.6 Å². The fraction of sp³-hybridized carbons (Fsp3) is 0.350. The monoisotopic (exact) mass is 357 g/mol. The highest BCUT2D eigenvalue weighted by Gasteiger charge is 2.25. The van der Waals surface area contributed by atoms with Gasteiger partial charge in [0.25, 0.3) is 0 Å². The zero-order valence-electron chi connectivity index (χ0n) is 15.1. The maximum Gasteiger partial charge on any atom is 0.241 e. The van der Waals surface area contributed by atoms with Crippen LogP contribution in [-0.2, 0) is 4.79 Å². The topological polar surface area (TPSA) is 44.8 Å². The summed E-state index contributed by atoms with van der Waals surface area (Å²) < 4.78 is 18.2. The molecule has 138 valence electrons. The van der Waals surface area contributed by atoms with Crippen molar-refractivity contribution in [3.63, 3.8) is 0 Å². The molecule has 6 heteroatoms. The van der Waals surface area contributed by atoms with E-state index in [4.69, 9.17) is 4.74 Å². The minimum Gasteiger partial charge on any atom is -0.497 e. The van der Waals surface area contributed by atoms with E-state index in [1.54, 1.807) is 19.2 Å². The van der Waals surface area contributed by atoms with Crippen LogP contribution in [0.5, 0.6) is 5.75 Å². The zero-order valence-corrected chi connectivity index (χ0v) is 15.1. The zero-order chi connectivity index (χ0) is 18.5. The van der Waals surface area contributed by atoms with Crippen molar-refractivity contribution in [2.45, 2.75) is 13.0 Å². The molecule has 0 bridgehead atoms. The number of amides is 1. The Bertz CT molecular complexity index is 726. The second-order valence-electron chi connectivity index (χ2n) is 6.39. The van der Waals surface area contributed by atoms with E-state index >= 15 is 0 Å². The van der Waals surface area contributed by atoms with E-state index in [1.807, 2.05) is 19.1 Å². The molecular weight excluding hydrogens is 333 g/mol. The van der Waals surface area contributed by atoms with Gasteiger partial charge >= 0.3 is 0 Å². The third kappa shape index (κ3) is 4.32. The van der Waals surface area contributed by atoms with Gasteiger partial charge in [-0.25, -0.2) is 4.39 Å². The van der Waals surface area contributed by atoms with E-state index in [1.165, 1.54) is 12.1 Å². The Morgan fingerprint density at radius 3 is 2.23 bits per heavy atom. The number of carbonyl (C=O) groups excluding carboxylic acids is 1. The SMILES string of the molecule is COc1ccc(N2CCN(C(C)C(=O)Nc3ccc(F)cc3)CC2)cc1. The van der Waals surface area contributed by atoms with Gasteiger partial charge in [0.2, 0.25) is 5.91 Å². The molecule has 1 aliphatic heterocycles. The van der Waals surface area contributed by atoms with Crippen molar-refractivity contribution in [2.24, 2.45) is 0 Å². The van der Waals surface area contributed by atoms with Crippen LogP contribution in [0.1, 0.15) is 6.92 Å². The molecule has 26 heavy (non-hydrogen) atoms. The molecule has 0 aromatic heterocycles. The molecule has 1 amide bonds. The van der Waals surface area contributed by atoms with E-state index < -0.39 is 0 Å². The van der Waals surface area contributed by atoms with Gasteiger partial charge in [0.15, 0.2) is 0 Å². The van der Waals surface area contributed by atoms with Crippen molar-refractivity contribution in [3.05, 3.63) is 54.3 Å². The minimum atomic E-state index is -0.314. The van der Waals surface area contributed by atoms with Crippen LogP contribution in [0.25, 0.3) is 0 Å². The normalized spacial score (nSPS) is 16.2. The van der Waals surface area contributed by atoms with Crippen molar-refractivity contribution in [1.29, 1.82) is 0 Å². The van der Waals surface area contributed by atoms with Crippen LogP contribution >= 0.6 is 0 Å². The molecule has 5 nitrogen and oxygen atoms in total. The highest BCUT2D eigenvalue weighted by molar-refractivity contribution is 5.94. The third-order valence-corrected chi connectivity index (χ3v) is 4.79. The van der Waals surface area contributed by atoms with Crippen LogP contribution in [0.3, 0.4) is 0 Å². The van der Waals surface area contributed by atoms with Crippen LogP contribution in [0, 0.1) is 5.82 Å². The average molecular weight is 357 g/mol. The summed E-state index contributed by atoms with van der Waals surface area (Å²) in [4.78, 5) is 16.9. The Hall–Kier alpha value is -2.60. The second kappa shape index (κ2) is 8.19. The lowest BCUT2D eigenvalue weighted by atomic mass is 10.2. The Morgan fingerprint density at radius 1 is 1.04 bits per heavy atom. The molecule has 1 heterocycles. The predicted molar refractivity (Wildman–Crippen MR) is 101 cm³/mol. The fourth-order valence-corrected chi connectivity index (χ4v) is 3.11. The Labute approximate surface area is 153 Å². The molecule has 0 radical (unpaired) electrons. The van der Waals surface area contributed by atoms with Crippen molar-refractivity contribution < 1.29 is 13.9 Å². The lowest BCUT2D eigenvalue weighted by Gasteiger charge is -2.38. The molecule has 0 saturated carbocycles. The molecule has 2 aromatic rings. The summed E-state index contributed by atoms with van der Waals surface area (Å²) in [5, 5.41) is 2.85. The highest BCUT2D eigenvalue weighted by Crippen LogP contribution is 2.21. The van der Waals surface area contributed by atoms with E-state index in [9.17, 15) is 9.18 Å². The van der Waals surface area contributed by atoms with E-state index in [-0.39, 0.29) is 17.8 Å². The van der Waals surface area contributed by atoms with Gasteiger partial charge in [-0.3, -0.25) is 9.69 Å². The van der Waals surface area contributed by atoms with Gasteiger partial charge in [-0.15, -0.1) is 0 Å². The number of ether oxygens (including phenoxy) is 1. The molecule has 0 aliphatic carbocycles. The summed E-state index contributed by atoms with van der Waals surface area (Å²) in [6.07, 6.45) is 0. The lowest BCUT2D eigenvalue weighted by Crippen LogP contribution is -2.52. The molecule has 1 unspecified atom stereocenters. The van der Waals surface area contributed by atoms with Crippen molar-refractivity contribution in [1.82, 2.24) is 4.90 Å². The first-order valence-corrected chi connectivity index (χ1v) is 8.76. The van der Waals surface area contributed by atoms with E-state index in [0.717, 1.165) is 37.6 Å². The summed E-state index contributed by atoms with van der Waals surface area (Å²) in [6.45, 7) is 5.25. The van der Waals surface area contributed by atoms with Crippen molar-refractivity contribution in [2.75, 3.05) is 43.5 Å². The number of halogens is 1. The molecule has 2 aromatic carbocycles. The van der Waals surface area contributed by atoms with Crippen LogP contribution < -0.4 is 15.0 Å². The van der Waals surface area contributed by atoms with Gasteiger partial charge in [0, 0.05) is 37.6 Å². The summed E-state index contributed by atoms with van der Waals surface area (Å²) in [5.41, 5.74) is 1.77. The molecule has 1 fully saturated rings.